The van der Waals surface area contributed by atoms with E-state index in [1.165, 1.54) is 0 Å². The van der Waals surface area contributed by atoms with Gasteiger partial charge < -0.3 is 4.74 Å². The Kier molecular flexibility index (Phi) is 3.91. The molecule has 7 nitrogen and oxygen atoms in total. The minimum Gasteiger partial charge on any atom is -0.388 e. The molecule has 1 aromatic rings. The van der Waals surface area contributed by atoms with Gasteiger partial charge in [-0.05, 0) is 6.92 Å². The maximum absolute atomic E-state index is 12.0. The van der Waals surface area contributed by atoms with Crippen LogP contribution in [0.2, 0.25) is 0 Å². The lowest BCUT2D eigenvalue weighted by atomic mass is 10.2. The summed E-state index contributed by atoms with van der Waals surface area (Å²) in [6, 6.07) is 0.356. The van der Waals surface area contributed by atoms with Crippen molar-refractivity contribution >= 4 is 25.4 Å². The maximum atomic E-state index is 12.0. The highest BCUT2D eigenvalue weighted by atomic mass is 35.7. The minimum atomic E-state index is -5.18. The van der Waals surface area contributed by atoms with Crippen LogP contribution in [0.1, 0.15) is 5.56 Å². The van der Waals surface area contributed by atoms with Gasteiger partial charge in [-0.25, -0.2) is 8.42 Å². The molecule has 1 rings (SSSR count). The summed E-state index contributed by atoms with van der Waals surface area (Å²) in [5.74, 6) is -1.29. The smallest absolute Gasteiger partial charge is 0.388 e. The van der Waals surface area contributed by atoms with Crippen LogP contribution < -0.4 is 4.74 Å². The number of nitrogens with zero attached hydrogens (tertiary/aromatic N) is 2. The molecule has 0 aromatic carbocycles. The molecular formula is C7H4ClF3N2O5S. The molecule has 0 saturated carbocycles. The summed E-state index contributed by atoms with van der Waals surface area (Å²) in [5.41, 5.74) is -1.40. The van der Waals surface area contributed by atoms with E-state index in [0.717, 1.165) is 6.92 Å². The molecule has 0 aliphatic heterocycles. The fraction of sp³-hybridized carbons (Fsp3) is 0.286. The number of nitro groups is 1. The minimum absolute atomic E-state index is 0.356. The molecule has 1 heterocycles. The number of hydrogen-bond acceptors (Lipinski definition) is 6. The van der Waals surface area contributed by atoms with E-state index < -0.39 is 42.5 Å². The second-order valence-electron chi connectivity index (χ2n) is 3.15. The first-order chi connectivity index (χ1) is 8.42. The highest BCUT2D eigenvalue weighted by Crippen LogP contribution is 2.31. The quantitative estimate of drug-likeness (QED) is 0.480. The standard InChI is InChI=1S/C7H4ClF3N2O5S/c1-3-4(13(14)15)2-5(18-7(9,10)11)12-6(3)19(8,16)17/h2H,1H3. The van der Waals surface area contributed by atoms with E-state index >= 15 is 0 Å². The van der Waals surface area contributed by atoms with Gasteiger partial charge >= 0.3 is 6.36 Å². The Morgan fingerprint density at radius 1 is 1.47 bits per heavy atom. The zero-order valence-electron chi connectivity index (χ0n) is 8.93. The van der Waals surface area contributed by atoms with E-state index in [0.29, 0.717) is 6.07 Å². The average molecular weight is 321 g/mol. The predicted octanol–water partition coefficient (Wildman–Crippen LogP) is 2.12. The second kappa shape index (κ2) is 4.81. The fourth-order valence-corrected chi connectivity index (χ4v) is 2.27. The molecule has 0 radical (unpaired) electrons. The van der Waals surface area contributed by atoms with Gasteiger partial charge in [0, 0.05) is 10.7 Å². The number of alkyl halides is 3. The monoisotopic (exact) mass is 320 g/mol. The van der Waals surface area contributed by atoms with E-state index in [1.807, 2.05) is 0 Å². The van der Waals surface area contributed by atoms with Gasteiger partial charge in [-0.1, -0.05) is 0 Å². The zero-order valence-corrected chi connectivity index (χ0v) is 10.5. The van der Waals surface area contributed by atoms with Crippen LogP contribution in [0.15, 0.2) is 11.1 Å². The summed E-state index contributed by atoms with van der Waals surface area (Å²) < 4.78 is 61.5. The highest BCUT2D eigenvalue weighted by molar-refractivity contribution is 8.13. The molecule has 19 heavy (non-hydrogen) atoms. The van der Waals surface area contributed by atoms with Gasteiger partial charge in [0.05, 0.1) is 16.6 Å². The molecule has 12 heteroatoms. The number of rotatable bonds is 3. The third-order valence-corrected chi connectivity index (χ3v) is 3.12. The van der Waals surface area contributed by atoms with E-state index in [1.54, 1.807) is 0 Å². The number of hydrogen-bond donors (Lipinski definition) is 0. The lowest BCUT2D eigenvalue weighted by Gasteiger charge is -2.09. The molecule has 0 amide bonds. The number of ether oxygens (including phenoxy) is 1. The Bertz CT molecular complexity index is 630. The van der Waals surface area contributed by atoms with Crippen LogP contribution in [0.4, 0.5) is 18.9 Å². The van der Waals surface area contributed by atoms with Gasteiger partial charge in [-0.2, -0.15) is 4.98 Å². The highest BCUT2D eigenvalue weighted by Gasteiger charge is 2.34. The summed E-state index contributed by atoms with van der Waals surface area (Å²) in [6.07, 6.45) is -5.18. The van der Waals surface area contributed by atoms with Gasteiger partial charge in [-0.3, -0.25) is 10.1 Å². The van der Waals surface area contributed by atoms with Crippen LogP contribution in [0, 0.1) is 17.0 Å². The molecule has 0 atom stereocenters. The van der Waals surface area contributed by atoms with Crippen LogP contribution in [-0.4, -0.2) is 24.7 Å². The Morgan fingerprint density at radius 3 is 2.37 bits per heavy atom. The lowest BCUT2D eigenvalue weighted by Crippen LogP contribution is -2.19. The summed E-state index contributed by atoms with van der Waals surface area (Å²) in [6.45, 7) is 0.984. The number of halogens is 4. The largest absolute Gasteiger partial charge is 0.574 e. The SMILES string of the molecule is Cc1c([N+](=O)[O-])cc(OC(F)(F)F)nc1S(=O)(=O)Cl. The van der Waals surface area contributed by atoms with Crippen molar-refractivity contribution in [1.82, 2.24) is 4.98 Å². The van der Waals surface area contributed by atoms with E-state index in [9.17, 15) is 31.7 Å². The molecule has 0 bridgehead atoms. The van der Waals surface area contributed by atoms with E-state index in [2.05, 4.69) is 9.72 Å². The van der Waals surface area contributed by atoms with Crippen molar-refractivity contribution in [3.63, 3.8) is 0 Å². The first-order valence-electron chi connectivity index (χ1n) is 4.28. The van der Waals surface area contributed by atoms with Gasteiger partial charge in [0.1, 0.15) is 0 Å². The Labute approximate surface area is 108 Å². The summed E-state index contributed by atoms with van der Waals surface area (Å²) in [4.78, 5) is 12.5. The molecule has 0 spiro atoms. The summed E-state index contributed by atoms with van der Waals surface area (Å²) in [5, 5.41) is 9.55. The van der Waals surface area contributed by atoms with Crippen molar-refractivity contribution in [2.24, 2.45) is 0 Å². The average Bonchev–Trinajstić information content (AvgIpc) is 2.16. The second-order valence-corrected chi connectivity index (χ2v) is 5.63. The van der Waals surface area contributed by atoms with Gasteiger partial charge in [0.25, 0.3) is 14.7 Å². The van der Waals surface area contributed by atoms with E-state index in [-0.39, 0.29) is 0 Å². The summed E-state index contributed by atoms with van der Waals surface area (Å²) >= 11 is 0. The fourth-order valence-electron chi connectivity index (χ4n) is 1.15. The van der Waals surface area contributed by atoms with Crippen molar-refractivity contribution in [1.29, 1.82) is 0 Å². The molecule has 0 aliphatic rings. The molecule has 0 fully saturated rings. The van der Waals surface area contributed by atoms with Gasteiger partial charge in [0.2, 0.25) is 5.88 Å². The first kappa shape index (κ1) is 15.4. The van der Waals surface area contributed by atoms with E-state index in [4.69, 9.17) is 10.7 Å². The first-order valence-corrected chi connectivity index (χ1v) is 6.59. The molecular weight excluding hydrogens is 317 g/mol. The van der Waals surface area contributed by atoms with Crippen LogP contribution in [-0.2, 0) is 9.05 Å². The van der Waals surface area contributed by atoms with Gasteiger partial charge in [0.15, 0.2) is 5.03 Å². The Morgan fingerprint density at radius 2 is 2.00 bits per heavy atom. The lowest BCUT2D eigenvalue weighted by molar-refractivity contribution is -0.386. The van der Waals surface area contributed by atoms with Crippen molar-refractivity contribution in [2.45, 2.75) is 18.3 Å². The van der Waals surface area contributed by atoms with Crippen molar-refractivity contribution in [2.75, 3.05) is 0 Å². The maximum Gasteiger partial charge on any atom is 0.574 e. The van der Waals surface area contributed by atoms with Crippen molar-refractivity contribution in [3.05, 3.63) is 21.7 Å². The Hall–Kier alpha value is -1.62. The third kappa shape index (κ3) is 3.92. The molecule has 0 unspecified atom stereocenters. The normalized spacial score (nSPS) is 12.3. The zero-order chi connectivity index (χ0) is 15.0. The van der Waals surface area contributed by atoms with Crippen LogP contribution in [0.5, 0.6) is 5.88 Å². The molecule has 1 aromatic heterocycles. The molecule has 0 N–H and O–H groups in total. The molecule has 0 saturated heterocycles. The number of pyridine rings is 1. The number of aromatic nitrogens is 1. The van der Waals surface area contributed by atoms with Gasteiger partial charge in [-0.15, -0.1) is 13.2 Å². The van der Waals surface area contributed by atoms with Crippen molar-refractivity contribution < 1.29 is 31.2 Å². The van der Waals surface area contributed by atoms with Crippen molar-refractivity contribution in [3.8, 4) is 5.88 Å². The molecule has 0 aliphatic carbocycles. The molecule has 106 valence electrons. The summed E-state index contributed by atoms with van der Waals surface area (Å²) in [7, 11) is 0.376. The van der Waals surface area contributed by atoms with Crippen LogP contribution >= 0.6 is 10.7 Å². The van der Waals surface area contributed by atoms with Crippen LogP contribution in [0.3, 0.4) is 0 Å². The topological polar surface area (TPSA) is 99.4 Å². The predicted molar refractivity (Wildman–Crippen MR) is 55.4 cm³/mol. The van der Waals surface area contributed by atoms with Crippen LogP contribution in [0.25, 0.3) is 0 Å². The third-order valence-electron chi connectivity index (χ3n) is 1.82. The Balaban J connectivity index is 3.54.